The van der Waals surface area contributed by atoms with Crippen molar-refractivity contribution < 1.29 is 9.53 Å². The van der Waals surface area contributed by atoms with E-state index in [-0.39, 0.29) is 12.1 Å². The van der Waals surface area contributed by atoms with Crippen LogP contribution in [-0.4, -0.2) is 12.6 Å². The molecule has 2 rings (SSSR count). The Kier molecular flexibility index (Phi) is 6.84. The topological polar surface area (TPSA) is 61.3 Å². The molecule has 2 aromatic carbocycles. The van der Waals surface area contributed by atoms with Crippen LogP contribution in [0, 0.1) is 0 Å². The first-order valence-corrected chi connectivity index (χ1v) is 7.22. The summed E-state index contributed by atoms with van der Waals surface area (Å²) in [6, 6.07) is 17.8. The van der Waals surface area contributed by atoms with Gasteiger partial charge in [-0.1, -0.05) is 42.5 Å². The molecule has 0 saturated heterocycles. The monoisotopic (exact) mass is 289 g/mol. The molecule has 0 spiro atoms. The van der Waals surface area contributed by atoms with E-state index in [1.54, 1.807) is 11.8 Å². The number of ether oxygens (including phenoxy) is 1. The molecule has 0 atom stereocenters. The minimum Gasteiger partial charge on any atom is -0.462 e. The molecule has 106 valence electrons. The van der Waals surface area contributed by atoms with E-state index < -0.39 is 0 Å². The molecule has 3 nitrogen and oxygen atoms in total. The lowest BCUT2D eigenvalue weighted by atomic mass is 10.2. The number of thioether (sulfide) groups is 1. The normalized spacial score (nSPS) is 9.65. The molecule has 0 unspecified atom stereocenters. The molecule has 0 bridgehead atoms. The van der Waals surface area contributed by atoms with Crippen LogP contribution < -0.4 is 6.15 Å². The Morgan fingerprint density at radius 3 is 2.40 bits per heavy atom. The summed E-state index contributed by atoms with van der Waals surface area (Å²) in [5, 5.41) is 0. The largest absolute Gasteiger partial charge is 0.462 e. The van der Waals surface area contributed by atoms with Gasteiger partial charge in [-0.2, -0.15) is 0 Å². The second kappa shape index (κ2) is 8.40. The SMILES string of the molecule is CCOC(=O)c1ccccc1SCc1ccccc1.N. The summed E-state index contributed by atoms with van der Waals surface area (Å²) in [4.78, 5) is 12.8. The number of carbonyl (C=O) groups is 1. The Hall–Kier alpha value is -1.78. The Bertz CT molecular complexity index is 543. The fraction of sp³-hybridized carbons (Fsp3) is 0.188. The molecule has 20 heavy (non-hydrogen) atoms. The summed E-state index contributed by atoms with van der Waals surface area (Å²) in [6.45, 7) is 2.22. The third-order valence-electron chi connectivity index (χ3n) is 2.62. The van der Waals surface area contributed by atoms with Gasteiger partial charge in [0.05, 0.1) is 12.2 Å². The highest BCUT2D eigenvalue weighted by molar-refractivity contribution is 7.98. The number of benzene rings is 2. The van der Waals surface area contributed by atoms with Crippen LogP contribution in [0.1, 0.15) is 22.8 Å². The van der Waals surface area contributed by atoms with Gasteiger partial charge in [0.15, 0.2) is 0 Å². The zero-order valence-corrected chi connectivity index (χ0v) is 12.4. The van der Waals surface area contributed by atoms with Gasteiger partial charge in [0.2, 0.25) is 0 Å². The average Bonchev–Trinajstić information content (AvgIpc) is 2.47. The predicted octanol–water partition coefficient (Wildman–Crippen LogP) is 4.32. The fourth-order valence-corrected chi connectivity index (χ4v) is 2.70. The first-order valence-electron chi connectivity index (χ1n) is 6.24. The van der Waals surface area contributed by atoms with E-state index in [1.165, 1.54) is 5.56 Å². The smallest absolute Gasteiger partial charge is 0.339 e. The molecule has 0 aliphatic heterocycles. The molecule has 0 radical (unpaired) electrons. The van der Waals surface area contributed by atoms with Gasteiger partial charge in [0.25, 0.3) is 0 Å². The molecule has 0 heterocycles. The highest BCUT2D eigenvalue weighted by atomic mass is 32.2. The second-order valence-corrected chi connectivity index (χ2v) is 5.01. The Morgan fingerprint density at radius 2 is 1.70 bits per heavy atom. The van der Waals surface area contributed by atoms with E-state index in [0.29, 0.717) is 12.2 Å². The molecular formula is C16H19NO2S. The van der Waals surface area contributed by atoms with E-state index in [2.05, 4.69) is 12.1 Å². The van der Waals surface area contributed by atoms with E-state index in [4.69, 9.17) is 4.74 Å². The van der Waals surface area contributed by atoms with Crippen molar-refractivity contribution in [1.82, 2.24) is 6.15 Å². The zero-order valence-electron chi connectivity index (χ0n) is 11.5. The molecule has 0 saturated carbocycles. The van der Waals surface area contributed by atoms with E-state index >= 15 is 0 Å². The van der Waals surface area contributed by atoms with Gasteiger partial charge < -0.3 is 10.9 Å². The fourth-order valence-electron chi connectivity index (χ4n) is 1.71. The van der Waals surface area contributed by atoms with Gasteiger partial charge in [-0.15, -0.1) is 11.8 Å². The van der Waals surface area contributed by atoms with E-state index in [9.17, 15) is 4.79 Å². The van der Waals surface area contributed by atoms with Crippen molar-refractivity contribution in [3.05, 3.63) is 65.7 Å². The van der Waals surface area contributed by atoms with Crippen molar-refractivity contribution in [1.29, 1.82) is 0 Å². The zero-order chi connectivity index (χ0) is 13.5. The summed E-state index contributed by atoms with van der Waals surface area (Å²) < 4.78 is 5.07. The molecule has 4 heteroatoms. The summed E-state index contributed by atoms with van der Waals surface area (Å²) in [7, 11) is 0. The quantitative estimate of drug-likeness (QED) is 0.658. The molecular weight excluding hydrogens is 270 g/mol. The maximum atomic E-state index is 11.8. The molecule has 2 aromatic rings. The summed E-state index contributed by atoms with van der Waals surface area (Å²) >= 11 is 1.65. The van der Waals surface area contributed by atoms with Crippen LogP contribution in [0.3, 0.4) is 0 Å². The molecule has 0 aliphatic carbocycles. The Morgan fingerprint density at radius 1 is 1.05 bits per heavy atom. The van der Waals surface area contributed by atoms with Crippen molar-refractivity contribution in [3.8, 4) is 0 Å². The molecule has 0 aliphatic rings. The van der Waals surface area contributed by atoms with Crippen LogP contribution in [0.15, 0.2) is 59.5 Å². The van der Waals surface area contributed by atoms with Crippen molar-refractivity contribution >= 4 is 17.7 Å². The van der Waals surface area contributed by atoms with Gasteiger partial charge in [0, 0.05) is 10.6 Å². The maximum absolute atomic E-state index is 11.8. The summed E-state index contributed by atoms with van der Waals surface area (Å²) in [5.41, 5.74) is 1.89. The second-order valence-electron chi connectivity index (χ2n) is 3.99. The Labute approximate surface area is 123 Å². The van der Waals surface area contributed by atoms with Crippen molar-refractivity contribution in [2.24, 2.45) is 0 Å². The van der Waals surface area contributed by atoms with Crippen LogP contribution in [0.2, 0.25) is 0 Å². The van der Waals surface area contributed by atoms with Crippen LogP contribution in [-0.2, 0) is 10.5 Å². The lowest BCUT2D eigenvalue weighted by Crippen LogP contribution is -2.05. The molecule has 0 aromatic heterocycles. The Balaban J connectivity index is 0.00000200. The average molecular weight is 289 g/mol. The highest BCUT2D eigenvalue weighted by Gasteiger charge is 2.11. The first kappa shape index (κ1) is 16.3. The number of esters is 1. The lowest BCUT2D eigenvalue weighted by molar-refractivity contribution is 0.0522. The van der Waals surface area contributed by atoms with Gasteiger partial charge in [0.1, 0.15) is 0 Å². The molecule has 0 fully saturated rings. The van der Waals surface area contributed by atoms with Gasteiger partial charge in [-0.3, -0.25) is 0 Å². The van der Waals surface area contributed by atoms with Gasteiger partial charge >= 0.3 is 5.97 Å². The van der Waals surface area contributed by atoms with Crippen molar-refractivity contribution in [2.75, 3.05) is 6.61 Å². The van der Waals surface area contributed by atoms with Crippen LogP contribution in [0.4, 0.5) is 0 Å². The van der Waals surface area contributed by atoms with Crippen molar-refractivity contribution in [2.45, 2.75) is 17.6 Å². The third-order valence-corrected chi connectivity index (χ3v) is 3.76. The van der Waals surface area contributed by atoms with Crippen LogP contribution >= 0.6 is 11.8 Å². The predicted molar refractivity (Wildman–Crippen MR) is 83.4 cm³/mol. The van der Waals surface area contributed by atoms with E-state index in [1.807, 2.05) is 49.4 Å². The summed E-state index contributed by atoms with van der Waals surface area (Å²) in [6.07, 6.45) is 0. The van der Waals surface area contributed by atoms with Gasteiger partial charge in [-0.05, 0) is 24.6 Å². The summed E-state index contributed by atoms with van der Waals surface area (Å²) in [5.74, 6) is 0.593. The lowest BCUT2D eigenvalue weighted by Gasteiger charge is -2.08. The minimum absolute atomic E-state index is 0. The minimum atomic E-state index is -0.251. The number of rotatable bonds is 5. The maximum Gasteiger partial charge on any atom is 0.339 e. The third kappa shape index (κ3) is 4.40. The van der Waals surface area contributed by atoms with Crippen LogP contribution in [0.5, 0.6) is 0 Å². The highest BCUT2D eigenvalue weighted by Crippen LogP contribution is 2.26. The molecule has 0 amide bonds. The number of hydrogen-bond donors (Lipinski definition) is 1. The molecule has 3 N–H and O–H groups in total. The standard InChI is InChI=1S/C16H16O2S.H3N/c1-2-18-16(17)14-10-6-7-11-15(14)19-12-13-8-4-3-5-9-13;/h3-11H,2,12H2,1H3;1H3. The first-order chi connectivity index (χ1) is 9.31. The number of carbonyl (C=O) groups excluding carboxylic acids is 1. The van der Waals surface area contributed by atoms with Crippen LogP contribution in [0.25, 0.3) is 0 Å². The number of hydrogen-bond acceptors (Lipinski definition) is 4. The van der Waals surface area contributed by atoms with Crippen molar-refractivity contribution in [3.63, 3.8) is 0 Å². The van der Waals surface area contributed by atoms with E-state index in [0.717, 1.165) is 10.6 Å². The van der Waals surface area contributed by atoms with Gasteiger partial charge in [-0.25, -0.2) is 4.79 Å².